The van der Waals surface area contributed by atoms with Gasteiger partial charge >= 0.3 is 12.1 Å². The number of cyclic esters (lactones) is 1. The summed E-state index contributed by atoms with van der Waals surface area (Å²) in [5.74, 6) is -1.06. The van der Waals surface area contributed by atoms with E-state index in [0.717, 1.165) is 27.6 Å². The Morgan fingerprint density at radius 1 is 1.12 bits per heavy atom. The van der Waals surface area contributed by atoms with E-state index in [1.807, 2.05) is 24.3 Å². The quantitative estimate of drug-likeness (QED) is 0.0351. The number of carbonyl (C=O) groups excluding carboxylic acids is 3. The van der Waals surface area contributed by atoms with Crippen LogP contribution in [0.3, 0.4) is 0 Å². The average molecular weight is 666 g/mol. The van der Waals surface area contributed by atoms with Crippen LogP contribution in [-0.4, -0.2) is 50.9 Å². The third kappa shape index (κ3) is 6.46. The van der Waals surface area contributed by atoms with E-state index in [1.54, 1.807) is 47.9 Å². The van der Waals surface area contributed by atoms with E-state index in [1.165, 1.54) is 11.6 Å². The molecule has 13 nitrogen and oxygen atoms in total. The van der Waals surface area contributed by atoms with Crippen molar-refractivity contribution in [2.24, 2.45) is 0 Å². The second-order valence-electron chi connectivity index (χ2n) is 11.7. The average Bonchev–Trinajstić information content (AvgIpc) is 3.48. The molecule has 252 valence electrons. The van der Waals surface area contributed by atoms with E-state index in [-0.39, 0.29) is 36.3 Å². The second kappa shape index (κ2) is 13.8. The number of hydrogen-bond donors (Lipinski definition) is 5. The van der Waals surface area contributed by atoms with Crippen LogP contribution in [-0.2, 0) is 46.0 Å². The number of aliphatic hydroxyl groups is 1. The van der Waals surface area contributed by atoms with Gasteiger partial charge in [-0.1, -0.05) is 37.3 Å². The molecule has 0 aliphatic carbocycles. The molecule has 0 bridgehead atoms. The molecular weight excluding hydrogens is 630 g/mol. The Kier molecular flexibility index (Phi) is 9.40. The van der Waals surface area contributed by atoms with E-state index in [9.17, 15) is 24.3 Å². The van der Waals surface area contributed by atoms with Crippen LogP contribution in [0.25, 0.3) is 28.4 Å². The monoisotopic (exact) mass is 665 g/mol. The minimum absolute atomic E-state index is 0.0542. The lowest BCUT2D eigenvalue weighted by Crippen LogP contribution is -2.44. The third-order valence-corrected chi connectivity index (χ3v) is 8.75. The lowest BCUT2D eigenvalue weighted by Gasteiger charge is -2.31. The number of ether oxygens (including phenoxy) is 2. The van der Waals surface area contributed by atoms with Gasteiger partial charge in [0.25, 0.3) is 11.5 Å². The van der Waals surface area contributed by atoms with E-state index >= 15 is 0 Å². The minimum atomic E-state index is -1.91. The maximum absolute atomic E-state index is 13.6. The molecule has 0 saturated carbocycles. The number of hydrogen-bond acceptors (Lipinski definition) is 10. The van der Waals surface area contributed by atoms with Gasteiger partial charge in [-0.25, -0.2) is 20.1 Å². The van der Waals surface area contributed by atoms with E-state index in [4.69, 9.17) is 19.7 Å². The van der Waals surface area contributed by atoms with Crippen LogP contribution in [0, 0.1) is 0 Å². The lowest BCUT2D eigenvalue weighted by atomic mass is 9.86. The first kappa shape index (κ1) is 33.3. The van der Waals surface area contributed by atoms with Gasteiger partial charge in [-0.3, -0.25) is 14.8 Å². The van der Waals surface area contributed by atoms with Crippen LogP contribution in [0.5, 0.6) is 5.75 Å². The molecule has 0 unspecified atom stereocenters. The van der Waals surface area contributed by atoms with Crippen molar-refractivity contribution in [1.29, 1.82) is 0 Å². The van der Waals surface area contributed by atoms with Crippen molar-refractivity contribution >= 4 is 34.9 Å². The molecule has 0 fully saturated rings. The fourth-order valence-corrected chi connectivity index (χ4v) is 6.17. The molecule has 2 aliphatic rings. The summed E-state index contributed by atoms with van der Waals surface area (Å²) in [6, 6.07) is 14.3. The molecule has 0 spiro atoms. The number of allylic oxidation sites excluding steroid dienone is 1. The predicted octanol–water partition coefficient (Wildman–Crippen LogP) is 3.20. The maximum atomic E-state index is 13.6. The Balaban J connectivity index is 1.13. The van der Waals surface area contributed by atoms with Crippen LogP contribution < -0.4 is 26.4 Å². The highest BCUT2D eigenvalue weighted by Crippen LogP contribution is 2.40. The zero-order valence-electron chi connectivity index (χ0n) is 26.7. The molecule has 2 amide bonds. The summed E-state index contributed by atoms with van der Waals surface area (Å²) in [6.07, 6.45) is 4.46. The van der Waals surface area contributed by atoms with Gasteiger partial charge in [0.15, 0.2) is 5.60 Å². The number of aromatic nitrogens is 2. The third-order valence-electron chi connectivity index (χ3n) is 8.75. The van der Waals surface area contributed by atoms with Crippen LogP contribution in [0.2, 0.25) is 0 Å². The second-order valence-corrected chi connectivity index (χ2v) is 11.7. The van der Waals surface area contributed by atoms with E-state index in [0.29, 0.717) is 48.7 Å². The fraction of sp³-hybridized carbons (Fsp3) is 0.250. The van der Waals surface area contributed by atoms with Gasteiger partial charge in [-0.15, -0.1) is 6.58 Å². The Labute approximate surface area is 280 Å². The van der Waals surface area contributed by atoms with Crippen molar-refractivity contribution in [3.05, 3.63) is 111 Å². The number of hydroxylamine groups is 1. The number of nitrogens with zero attached hydrogens (tertiary/aromatic N) is 2. The highest BCUT2D eigenvalue weighted by molar-refractivity contribution is 5.91. The number of pyridine rings is 2. The zero-order chi connectivity index (χ0) is 34.7. The van der Waals surface area contributed by atoms with Gasteiger partial charge in [0.2, 0.25) is 0 Å². The summed E-state index contributed by atoms with van der Waals surface area (Å²) >= 11 is 0. The van der Waals surface area contributed by atoms with Crippen molar-refractivity contribution in [2.45, 2.75) is 45.1 Å². The topological polar surface area (TPSA) is 181 Å². The summed E-state index contributed by atoms with van der Waals surface area (Å²) in [6.45, 7) is 6.99. The van der Waals surface area contributed by atoms with Crippen molar-refractivity contribution in [3.63, 3.8) is 0 Å². The molecule has 2 aliphatic heterocycles. The molecule has 0 radical (unpaired) electrons. The molecule has 6 rings (SSSR count). The maximum Gasteiger partial charge on any atom is 0.412 e. The first-order valence-electron chi connectivity index (χ1n) is 15.8. The number of esters is 1. The molecule has 2 aromatic heterocycles. The summed E-state index contributed by atoms with van der Waals surface area (Å²) in [4.78, 5) is 54.7. The Morgan fingerprint density at radius 3 is 2.65 bits per heavy atom. The van der Waals surface area contributed by atoms with Gasteiger partial charge in [-0.2, -0.15) is 0 Å². The van der Waals surface area contributed by atoms with Gasteiger partial charge in [0, 0.05) is 42.2 Å². The van der Waals surface area contributed by atoms with Crippen molar-refractivity contribution in [3.8, 4) is 17.1 Å². The Morgan fingerprint density at radius 2 is 1.92 bits per heavy atom. The largest absolute Gasteiger partial charge is 0.458 e. The number of benzene rings is 2. The van der Waals surface area contributed by atoms with Crippen molar-refractivity contribution in [2.75, 3.05) is 13.1 Å². The number of rotatable bonds is 11. The summed E-state index contributed by atoms with van der Waals surface area (Å²) in [5, 5.41) is 26.4. The molecule has 4 heterocycles. The first-order valence-corrected chi connectivity index (χ1v) is 15.8. The SMILES string of the molecule is C=CCc1c2c(nc3ccc(OC(=O)NCCNCc4ccc(/C=C/C(=O)NO)cc4)cc13)-c1cc3c(c(=O)n1C2)COC(=O)[C@]3(O)CC. The number of amides is 2. The normalized spacial score (nSPS) is 16.1. The highest BCUT2D eigenvalue weighted by Gasteiger charge is 2.45. The summed E-state index contributed by atoms with van der Waals surface area (Å²) in [5.41, 5.74) is 5.02. The Hall–Kier alpha value is -5.63. The molecule has 4 aromatic rings. The lowest BCUT2D eigenvalue weighted by molar-refractivity contribution is -0.172. The van der Waals surface area contributed by atoms with Crippen molar-refractivity contribution < 1.29 is 34.2 Å². The standard InChI is InChI=1S/C36H35N5O8/c1-3-5-24-25-16-23(49-35(45)38-15-14-37-18-22-8-6-21(7-9-22)10-13-31(42)40-47)11-12-29(25)39-32-26(24)19-41-30(32)17-28-27(33(41)43)20-48-34(44)36(28,46)4-2/h3,6-13,16-17,37,46-47H,1,4-5,14-15,18-20H2,2H3,(H,38,45)(H,40,42)/b13-10+/t36-/m0/s1. The molecule has 5 N–H and O–H groups in total. The van der Waals surface area contributed by atoms with Crippen LogP contribution >= 0.6 is 0 Å². The van der Waals surface area contributed by atoms with Gasteiger partial charge < -0.3 is 29.8 Å². The predicted molar refractivity (Wildman–Crippen MR) is 180 cm³/mol. The smallest absolute Gasteiger partial charge is 0.412 e. The number of nitrogens with one attached hydrogen (secondary N) is 3. The number of fused-ring (bicyclic) bond motifs is 5. The highest BCUT2D eigenvalue weighted by atomic mass is 16.6. The summed E-state index contributed by atoms with van der Waals surface area (Å²) < 4.78 is 12.3. The number of carbonyl (C=O) groups is 3. The van der Waals surface area contributed by atoms with Gasteiger partial charge in [0.05, 0.1) is 29.0 Å². The molecule has 2 aromatic carbocycles. The fourth-order valence-electron chi connectivity index (χ4n) is 6.17. The molecule has 49 heavy (non-hydrogen) atoms. The molecule has 13 heteroatoms. The van der Waals surface area contributed by atoms with Crippen LogP contribution in [0.15, 0.2) is 72.1 Å². The summed E-state index contributed by atoms with van der Waals surface area (Å²) in [7, 11) is 0. The minimum Gasteiger partial charge on any atom is -0.458 e. The molecular formula is C36H35N5O8. The molecule has 0 saturated heterocycles. The first-order chi connectivity index (χ1) is 23.7. The Bertz CT molecular complexity index is 2070. The van der Waals surface area contributed by atoms with E-state index in [2.05, 4.69) is 17.2 Å². The zero-order valence-corrected chi connectivity index (χ0v) is 26.7. The van der Waals surface area contributed by atoms with E-state index < -0.39 is 23.6 Å². The van der Waals surface area contributed by atoms with Crippen molar-refractivity contribution in [1.82, 2.24) is 25.7 Å². The van der Waals surface area contributed by atoms with Crippen LogP contribution in [0.1, 0.15) is 46.7 Å². The molecule has 1 atom stereocenters. The van der Waals surface area contributed by atoms with Gasteiger partial charge in [0.1, 0.15) is 12.4 Å². The van der Waals surface area contributed by atoms with Gasteiger partial charge in [-0.05, 0) is 59.9 Å². The van der Waals surface area contributed by atoms with Crippen LogP contribution in [0.4, 0.5) is 4.79 Å².